The van der Waals surface area contributed by atoms with E-state index >= 15 is 0 Å². The highest BCUT2D eigenvalue weighted by Gasteiger charge is 2.19. The van der Waals surface area contributed by atoms with E-state index in [1.165, 1.54) is 11.1 Å². The number of hydrogen-bond donors (Lipinski definition) is 3. The average Bonchev–Trinajstić information content (AvgIpc) is 3.39. The first-order chi connectivity index (χ1) is 14.7. The van der Waals surface area contributed by atoms with Crippen molar-refractivity contribution in [3.63, 3.8) is 0 Å². The molecule has 8 nitrogen and oxygen atoms in total. The van der Waals surface area contributed by atoms with Crippen LogP contribution in [0.1, 0.15) is 29.5 Å². The monoisotopic (exact) mass is 401 g/mol. The van der Waals surface area contributed by atoms with E-state index in [1.54, 1.807) is 29.2 Å². The van der Waals surface area contributed by atoms with Gasteiger partial charge in [-0.2, -0.15) is 10.2 Å². The van der Waals surface area contributed by atoms with Crippen LogP contribution in [0.2, 0.25) is 0 Å². The third-order valence-corrected chi connectivity index (χ3v) is 5.27. The molecule has 0 aliphatic carbocycles. The zero-order valence-corrected chi connectivity index (χ0v) is 16.7. The Kier molecular flexibility index (Phi) is 4.78. The standard InChI is InChI=1S/C22H23N7O/c1-15-3-5-17(6-4-15)29-20(13-19(27-29)16-7-10-23-11-8-16)26-22(30)18-14-25-28-12-2-9-24-21(18)28/h2-7,9,12-14,22-23,26,30H,8,10-11H2,1H3. The molecule has 0 amide bonds. The fraction of sp³-hybridized carbons (Fsp3) is 0.227. The molecule has 1 aliphatic rings. The van der Waals surface area contributed by atoms with Gasteiger partial charge in [-0.15, -0.1) is 0 Å². The molecule has 5 rings (SSSR count). The summed E-state index contributed by atoms with van der Waals surface area (Å²) >= 11 is 0. The van der Waals surface area contributed by atoms with Crippen molar-refractivity contribution in [2.75, 3.05) is 18.4 Å². The van der Waals surface area contributed by atoms with Crippen LogP contribution in [0.15, 0.2) is 61.1 Å². The van der Waals surface area contributed by atoms with Crippen molar-refractivity contribution in [3.8, 4) is 5.69 Å². The Morgan fingerprint density at radius 3 is 2.90 bits per heavy atom. The van der Waals surface area contributed by atoms with Crippen molar-refractivity contribution >= 4 is 17.0 Å². The van der Waals surface area contributed by atoms with Gasteiger partial charge in [0.15, 0.2) is 11.9 Å². The predicted molar refractivity (Wildman–Crippen MR) is 115 cm³/mol. The second kappa shape index (κ2) is 7.74. The third-order valence-electron chi connectivity index (χ3n) is 5.27. The van der Waals surface area contributed by atoms with E-state index in [-0.39, 0.29) is 0 Å². The van der Waals surface area contributed by atoms with Gasteiger partial charge in [-0.3, -0.25) is 0 Å². The van der Waals surface area contributed by atoms with Crippen LogP contribution in [0, 0.1) is 6.92 Å². The molecule has 1 aliphatic heterocycles. The topological polar surface area (TPSA) is 92.3 Å². The fourth-order valence-electron chi connectivity index (χ4n) is 3.64. The number of fused-ring (bicyclic) bond motifs is 1. The van der Waals surface area contributed by atoms with Crippen molar-refractivity contribution in [2.24, 2.45) is 0 Å². The van der Waals surface area contributed by atoms with Crippen LogP contribution in [0.25, 0.3) is 16.9 Å². The lowest BCUT2D eigenvalue weighted by Gasteiger charge is -2.14. The summed E-state index contributed by atoms with van der Waals surface area (Å²) in [6, 6.07) is 11.9. The van der Waals surface area contributed by atoms with E-state index in [2.05, 4.69) is 45.8 Å². The summed E-state index contributed by atoms with van der Waals surface area (Å²) in [6.45, 7) is 3.83. The highest BCUT2D eigenvalue weighted by molar-refractivity contribution is 5.67. The lowest BCUT2D eigenvalue weighted by Crippen LogP contribution is -2.20. The number of aliphatic hydroxyl groups excluding tert-OH is 1. The van der Waals surface area contributed by atoms with Crippen LogP contribution in [0.3, 0.4) is 0 Å². The summed E-state index contributed by atoms with van der Waals surface area (Å²) < 4.78 is 3.47. The smallest absolute Gasteiger partial charge is 0.162 e. The molecule has 4 heterocycles. The van der Waals surface area contributed by atoms with Gasteiger partial charge in [-0.25, -0.2) is 14.2 Å². The largest absolute Gasteiger partial charge is 0.369 e. The predicted octanol–water partition coefficient (Wildman–Crippen LogP) is 2.70. The van der Waals surface area contributed by atoms with Crippen LogP contribution < -0.4 is 10.6 Å². The maximum absolute atomic E-state index is 10.9. The Labute approximate surface area is 173 Å². The summed E-state index contributed by atoms with van der Waals surface area (Å²) in [7, 11) is 0. The maximum atomic E-state index is 10.9. The van der Waals surface area contributed by atoms with E-state index in [9.17, 15) is 5.11 Å². The van der Waals surface area contributed by atoms with E-state index in [0.717, 1.165) is 30.9 Å². The molecule has 1 atom stereocenters. The molecule has 0 bridgehead atoms. The molecule has 3 N–H and O–H groups in total. The van der Waals surface area contributed by atoms with Crippen molar-refractivity contribution in [3.05, 3.63) is 77.9 Å². The number of benzene rings is 1. The molecule has 4 aromatic rings. The number of nitrogens with one attached hydrogen (secondary N) is 2. The van der Waals surface area contributed by atoms with Crippen molar-refractivity contribution in [2.45, 2.75) is 19.6 Å². The van der Waals surface area contributed by atoms with Crippen LogP contribution in [0.5, 0.6) is 0 Å². The van der Waals surface area contributed by atoms with Crippen LogP contribution in [-0.2, 0) is 0 Å². The highest BCUT2D eigenvalue weighted by Crippen LogP contribution is 2.27. The molecule has 0 saturated carbocycles. The number of aromatic nitrogens is 5. The van der Waals surface area contributed by atoms with Gasteiger partial charge in [0.1, 0.15) is 5.82 Å². The number of hydrogen-bond acceptors (Lipinski definition) is 6. The Morgan fingerprint density at radius 1 is 1.23 bits per heavy atom. The maximum Gasteiger partial charge on any atom is 0.162 e. The van der Waals surface area contributed by atoms with Gasteiger partial charge < -0.3 is 15.7 Å². The molecule has 8 heteroatoms. The minimum Gasteiger partial charge on any atom is -0.369 e. The Morgan fingerprint density at radius 2 is 2.10 bits per heavy atom. The summed E-state index contributed by atoms with van der Waals surface area (Å²) in [6.07, 6.45) is 7.23. The van der Waals surface area contributed by atoms with E-state index < -0.39 is 6.23 Å². The first-order valence-electron chi connectivity index (χ1n) is 9.99. The molecule has 30 heavy (non-hydrogen) atoms. The second-order valence-corrected chi connectivity index (χ2v) is 7.38. The number of aryl methyl sites for hydroxylation is 1. The molecular weight excluding hydrogens is 378 g/mol. The van der Waals surface area contributed by atoms with Gasteiger partial charge in [0.2, 0.25) is 0 Å². The molecular formula is C22H23N7O. The van der Waals surface area contributed by atoms with Crippen molar-refractivity contribution < 1.29 is 5.11 Å². The number of nitrogens with zero attached hydrogens (tertiary/aromatic N) is 5. The molecule has 0 fully saturated rings. The lowest BCUT2D eigenvalue weighted by atomic mass is 10.1. The second-order valence-electron chi connectivity index (χ2n) is 7.38. The van der Waals surface area contributed by atoms with Crippen molar-refractivity contribution in [1.82, 2.24) is 29.7 Å². The van der Waals surface area contributed by atoms with Gasteiger partial charge in [0.25, 0.3) is 0 Å². The lowest BCUT2D eigenvalue weighted by molar-refractivity contribution is 0.208. The van der Waals surface area contributed by atoms with Gasteiger partial charge in [0, 0.05) is 25.0 Å². The van der Waals surface area contributed by atoms with E-state index in [0.29, 0.717) is 17.0 Å². The van der Waals surface area contributed by atoms with Gasteiger partial charge in [0.05, 0.1) is 23.1 Å². The third kappa shape index (κ3) is 3.47. The van der Waals surface area contributed by atoms with Gasteiger partial charge in [-0.1, -0.05) is 23.8 Å². The molecule has 1 aromatic carbocycles. The van der Waals surface area contributed by atoms with E-state index in [1.807, 2.05) is 22.9 Å². The minimum atomic E-state index is -0.979. The first-order valence-corrected chi connectivity index (χ1v) is 9.99. The fourth-order valence-corrected chi connectivity index (χ4v) is 3.64. The summed E-state index contributed by atoms with van der Waals surface area (Å²) in [5, 5.41) is 26.6. The molecule has 3 aromatic heterocycles. The molecule has 0 saturated heterocycles. The van der Waals surface area contributed by atoms with Crippen LogP contribution in [-0.4, -0.2) is 42.6 Å². The quantitative estimate of drug-likeness (QED) is 0.446. The van der Waals surface area contributed by atoms with Crippen molar-refractivity contribution in [1.29, 1.82) is 0 Å². The average molecular weight is 401 g/mol. The molecule has 152 valence electrons. The zero-order chi connectivity index (χ0) is 20.5. The van der Waals surface area contributed by atoms with Crippen LogP contribution in [0.4, 0.5) is 5.82 Å². The SMILES string of the molecule is Cc1ccc(-n2nc(C3=CCNCC3)cc2NC(O)c2cnn3cccnc23)cc1. The first kappa shape index (κ1) is 18.5. The zero-order valence-electron chi connectivity index (χ0n) is 16.7. The highest BCUT2D eigenvalue weighted by atomic mass is 16.3. The molecule has 0 radical (unpaired) electrons. The minimum absolute atomic E-state index is 0.606. The number of aliphatic hydroxyl groups is 1. The summed E-state index contributed by atoms with van der Waals surface area (Å²) in [5.74, 6) is 0.705. The van der Waals surface area contributed by atoms with Gasteiger partial charge in [-0.05, 0) is 43.7 Å². The molecule has 1 unspecified atom stereocenters. The molecule has 0 spiro atoms. The summed E-state index contributed by atoms with van der Waals surface area (Å²) in [5.41, 5.74) is 5.43. The number of anilines is 1. The normalized spacial score (nSPS) is 15.2. The number of rotatable bonds is 5. The Balaban J connectivity index is 1.53. The Bertz CT molecular complexity index is 1210. The van der Waals surface area contributed by atoms with E-state index in [4.69, 9.17) is 5.10 Å². The van der Waals surface area contributed by atoms with Crippen LogP contribution >= 0.6 is 0 Å². The summed E-state index contributed by atoms with van der Waals surface area (Å²) in [4.78, 5) is 4.33. The van der Waals surface area contributed by atoms with Gasteiger partial charge >= 0.3 is 0 Å². The Hall–Kier alpha value is -3.49.